The normalized spacial score (nSPS) is 12.9. The lowest BCUT2D eigenvalue weighted by Gasteiger charge is -2.09. The van der Waals surface area contributed by atoms with E-state index < -0.39 is 0 Å². The molecule has 1 N–H and O–H groups in total. The highest BCUT2D eigenvalue weighted by atomic mass is 16.7. The molecule has 6 nitrogen and oxygen atoms in total. The van der Waals surface area contributed by atoms with Crippen LogP contribution in [0.3, 0.4) is 0 Å². The van der Waals surface area contributed by atoms with Crippen molar-refractivity contribution in [1.82, 2.24) is 9.97 Å². The fraction of sp³-hybridized carbons (Fsp3) is 0.0870. The Kier molecular flexibility index (Phi) is 4.29. The fourth-order valence-electron chi connectivity index (χ4n) is 3.26. The van der Waals surface area contributed by atoms with Crippen LogP contribution in [-0.4, -0.2) is 22.5 Å². The van der Waals surface area contributed by atoms with Crippen molar-refractivity contribution >= 4 is 22.6 Å². The van der Waals surface area contributed by atoms with Gasteiger partial charge in [0.05, 0.1) is 16.9 Å². The van der Waals surface area contributed by atoms with E-state index in [9.17, 15) is 0 Å². The molecule has 1 aliphatic heterocycles. The third kappa shape index (κ3) is 3.36. The summed E-state index contributed by atoms with van der Waals surface area (Å²) in [4.78, 5) is 9.33. The Hall–Kier alpha value is -3.93. The van der Waals surface area contributed by atoms with Gasteiger partial charge in [0.25, 0.3) is 0 Å². The van der Waals surface area contributed by atoms with Crippen LogP contribution in [0.2, 0.25) is 0 Å². The molecule has 6 heteroatoms. The zero-order valence-corrected chi connectivity index (χ0v) is 15.8. The van der Waals surface area contributed by atoms with Gasteiger partial charge in [-0.2, -0.15) is 5.10 Å². The van der Waals surface area contributed by atoms with Crippen LogP contribution in [-0.2, 0) is 0 Å². The van der Waals surface area contributed by atoms with Crippen molar-refractivity contribution in [2.75, 3.05) is 12.2 Å². The molecule has 0 fully saturated rings. The van der Waals surface area contributed by atoms with Crippen molar-refractivity contribution in [2.24, 2.45) is 5.10 Å². The summed E-state index contributed by atoms with van der Waals surface area (Å²) in [6.07, 6.45) is 0. The third-order valence-corrected chi connectivity index (χ3v) is 4.76. The number of rotatable bonds is 4. The van der Waals surface area contributed by atoms with E-state index in [1.54, 1.807) is 0 Å². The summed E-state index contributed by atoms with van der Waals surface area (Å²) < 4.78 is 10.8. The van der Waals surface area contributed by atoms with Gasteiger partial charge in [0.2, 0.25) is 12.7 Å². The number of ether oxygens (including phenoxy) is 2. The van der Waals surface area contributed by atoms with E-state index in [1.807, 2.05) is 79.7 Å². The summed E-state index contributed by atoms with van der Waals surface area (Å²) in [5.74, 6) is 1.92. The third-order valence-electron chi connectivity index (χ3n) is 4.76. The molecule has 0 saturated carbocycles. The molecule has 0 radical (unpaired) electrons. The maximum atomic E-state index is 5.44. The lowest BCUT2D eigenvalue weighted by Crippen LogP contribution is -2.03. The zero-order chi connectivity index (χ0) is 19.6. The smallest absolute Gasteiger partial charge is 0.244 e. The molecule has 1 aromatic heterocycles. The highest BCUT2D eigenvalue weighted by Crippen LogP contribution is 2.32. The summed E-state index contributed by atoms with van der Waals surface area (Å²) in [7, 11) is 0. The van der Waals surface area contributed by atoms with Crippen LogP contribution in [0.25, 0.3) is 22.2 Å². The van der Waals surface area contributed by atoms with E-state index in [2.05, 4.69) is 15.5 Å². The lowest BCUT2D eigenvalue weighted by molar-refractivity contribution is 0.174. The lowest BCUT2D eigenvalue weighted by atomic mass is 10.1. The number of aromatic nitrogens is 2. The van der Waals surface area contributed by atoms with Gasteiger partial charge in [0, 0.05) is 16.5 Å². The van der Waals surface area contributed by atoms with Crippen molar-refractivity contribution in [1.29, 1.82) is 0 Å². The predicted octanol–water partition coefficient (Wildman–Crippen LogP) is 4.86. The molecule has 5 rings (SSSR count). The summed E-state index contributed by atoms with van der Waals surface area (Å²) >= 11 is 0. The van der Waals surface area contributed by atoms with Gasteiger partial charge in [-0.25, -0.2) is 15.4 Å². The molecule has 1 aliphatic rings. The molecule has 0 unspecified atom stereocenters. The number of benzene rings is 3. The van der Waals surface area contributed by atoms with Crippen LogP contribution in [0, 0.1) is 0 Å². The molecule has 3 aromatic carbocycles. The van der Waals surface area contributed by atoms with Crippen LogP contribution >= 0.6 is 0 Å². The van der Waals surface area contributed by atoms with Crippen LogP contribution in [0.15, 0.2) is 77.9 Å². The van der Waals surface area contributed by atoms with E-state index in [-0.39, 0.29) is 6.79 Å². The second-order valence-corrected chi connectivity index (χ2v) is 6.66. The minimum atomic E-state index is 0.250. The van der Waals surface area contributed by atoms with E-state index in [4.69, 9.17) is 14.5 Å². The van der Waals surface area contributed by atoms with Gasteiger partial charge < -0.3 is 9.47 Å². The number of nitrogens with zero attached hydrogens (tertiary/aromatic N) is 3. The molecule has 0 amide bonds. The monoisotopic (exact) mass is 382 g/mol. The average Bonchev–Trinajstić information content (AvgIpc) is 3.25. The van der Waals surface area contributed by atoms with Gasteiger partial charge in [0.15, 0.2) is 11.5 Å². The van der Waals surface area contributed by atoms with Crippen LogP contribution in [0.5, 0.6) is 11.5 Å². The number of nitrogens with one attached hydrogen (secondary N) is 1. The highest BCUT2D eigenvalue weighted by molar-refractivity contribution is 5.99. The van der Waals surface area contributed by atoms with Gasteiger partial charge in [0.1, 0.15) is 0 Å². The van der Waals surface area contributed by atoms with Crippen LogP contribution in [0.4, 0.5) is 5.95 Å². The molecular formula is C23H18N4O2. The predicted molar refractivity (Wildman–Crippen MR) is 113 cm³/mol. The molecule has 0 aliphatic carbocycles. The van der Waals surface area contributed by atoms with Crippen LogP contribution in [0.1, 0.15) is 12.5 Å². The molecule has 4 aromatic rings. The number of para-hydroxylation sites is 1. The maximum Gasteiger partial charge on any atom is 0.244 e. The largest absolute Gasteiger partial charge is 0.454 e. The first-order valence-corrected chi connectivity index (χ1v) is 9.30. The van der Waals surface area contributed by atoms with Gasteiger partial charge >= 0.3 is 0 Å². The number of hydrogen-bond acceptors (Lipinski definition) is 6. The van der Waals surface area contributed by atoms with E-state index in [0.717, 1.165) is 44.9 Å². The van der Waals surface area contributed by atoms with Gasteiger partial charge in [-0.05, 0) is 31.2 Å². The average molecular weight is 382 g/mol. The summed E-state index contributed by atoms with van der Waals surface area (Å²) in [5.41, 5.74) is 7.50. The Morgan fingerprint density at radius 3 is 2.59 bits per heavy atom. The Bertz CT molecular complexity index is 1220. The molecule has 0 spiro atoms. The minimum absolute atomic E-state index is 0.250. The molecule has 142 valence electrons. The molecule has 0 bridgehead atoms. The highest BCUT2D eigenvalue weighted by Gasteiger charge is 2.14. The van der Waals surface area contributed by atoms with Crippen molar-refractivity contribution in [3.63, 3.8) is 0 Å². The minimum Gasteiger partial charge on any atom is -0.454 e. The fourth-order valence-corrected chi connectivity index (χ4v) is 3.26. The number of hydrogen-bond donors (Lipinski definition) is 1. The number of hydrazone groups is 1. The Labute approximate surface area is 167 Å². The maximum absolute atomic E-state index is 5.44. The Balaban J connectivity index is 1.50. The van der Waals surface area contributed by atoms with Crippen molar-refractivity contribution < 1.29 is 9.47 Å². The molecule has 0 saturated heterocycles. The Morgan fingerprint density at radius 1 is 0.897 bits per heavy atom. The quantitative estimate of drug-likeness (QED) is 0.403. The molecule has 0 atom stereocenters. The summed E-state index contributed by atoms with van der Waals surface area (Å²) in [5, 5.41) is 5.48. The number of fused-ring (bicyclic) bond motifs is 2. The topological polar surface area (TPSA) is 68.6 Å². The standard InChI is InChI=1S/C23H18N4O2/c1-15(17-11-12-20-21(13-17)29-14-28-20)26-27-23-24-19-10-6-5-9-18(19)22(25-23)16-7-3-2-4-8-16/h2-13H,14H2,1H3,(H,24,25,27). The van der Waals surface area contributed by atoms with E-state index in [0.29, 0.717) is 5.95 Å². The van der Waals surface area contributed by atoms with Crippen molar-refractivity contribution in [3.8, 4) is 22.8 Å². The summed E-state index contributed by atoms with van der Waals surface area (Å²) in [6, 6.07) is 23.8. The summed E-state index contributed by atoms with van der Waals surface area (Å²) in [6.45, 7) is 2.17. The van der Waals surface area contributed by atoms with Gasteiger partial charge in [-0.3, -0.25) is 0 Å². The van der Waals surface area contributed by atoms with Gasteiger partial charge in [-0.1, -0.05) is 48.5 Å². The second-order valence-electron chi connectivity index (χ2n) is 6.66. The SMILES string of the molecule is CC(=NNc1nc(-c2ccccc2)c2ccccc2n1)c1ccc2c(c1)OCO2. The van der Waals surface area contributed by atoms with Gasteiger partial charge in [-0.15, -0.1) is 0 Å². The van der Waals surface area contributed by atoms with E-state index >= 15 is 0 Å². The van der Waals surface area contributed by atoms with Crippen molar-refractivity contribution in [3.05, 3.63) is 78.4 Å². The second kappa shape index (κ2) is 7.24. The number of anilines is 1. The van der Waals surface area contributed by atoms with Crippen molar-refractivity contribution in [2.45, 2.75) is 6.92 Å². The van der Waals surface area contributed by atoms with E-state index in [1.165, 1.54) is 0 Å². The first kappa shape index (κ1) is 17.2. The zero-order valence-electron chi connectivity index (χ0n) is 15.8. The first-order valence-electron chi connectivity index (χ1n) is 9.30. The Morgan fingerprint density at radius 2 is 1.69 bits per heavy atom. The first-order chi connectivity index (χ1) is 14.3. The molecule has 29 heavy (non-hydrogen) atoms. The van der Waals surface area contributed by atoms with Crippen LogP contribution < -0.4 is 14.9 Å². The molecule has 2 heterocycles. The molecular weight excluding hydrogens is 364 g/mol.